The topological polar surface area (TPSA) is 113 Å². The SMILES string of the molecule is C#CCNS(=O)(=O)c1ccc(C(=O)NC(C)C(C)C(=O)O)cc1. The summed E-state index contributed by atoms with van der Waals surface area (Å²) in [4.78, 5) is 22.9. The molecular weight excluding hydrogens is 320 g/mol. The third-order valence-electron chi connectivity index (χ3n) is 3.29. The van der Waals surface area contributed by atoms with Crippen LogP contribution in [0.25, 0.3) is 0 Å². The molecule has 0 aromatic heterocycles. The number of hydrogen-bond donors (Lipinski definition) is 3. The van der Waals surface area contributed by atoms with Crippen LogP contribution in [-0.4, -0.2) is 38.0 Å². The smallest absolute Gasteiger partial charge is 0.308 e. The number of sulfonamides is 1. The molecule has 3 N–H and O–H groups in total. The Balaban J connectivity index is 2.83. The maximum atomic E-state index is 12.0. The third-order valence-corrected chi connectivity index (χ3v) is 4.71. The lowest BCUT2D eigenvalue weighted by Crippen LogP contribution is -2.40. The van der Waals surface area contributed by atoms with Gasteiger partial charge in [-0.3, -0.25) is 9.59 Å². The zero-order valence-corrected chi connectivity index (χ0v) is 13.6. The van der Waals surface area contributed by atoms with E-state index >= 15 is 0 Å². The van der Waals surface area contributed by atoms with E-state index in [-0.39, 0.29) is 17.0 Å². The Morgan fingerprint density at radius 3 is 2.30 bits per heavy atom. The van der Waals surface area contributed by atoms with Gasteiger partial charge in [-0.1, -0.05) is 5.92 Å². The molecule has 0 heterocycles. The molecule has 7 nitrogen and oxygen atoms in total. The lowest BCUT2D eigenvalue weighted by molar-refractivity contribution is -0.141. The van der Waals surface area contributed by atoms with Gasteiger partial charge in [-0.25, -0.2) is 8.42 Å². The highest BCUT2D eigenvalue weighted by Crippen LogP contribution is 2.11. The van der Waals surface area contributed by atoms with Crippen LogP contribution in [-0.2, 0) is 14.8 Å². The Bertz CT molecular complexity index is 719. The number of aliphatic carboxylic acids is 1. The van der Waals surface area contributed by atoms with Crippen molar-refractivity contribution in [1.82, 2.24) is 10.0 Å². The lowest BCUT2D eigenvalue weighted by Gasteiger charge is -2.17. The van der Waals surface area contributed by atoms with Crippen LogP contribution in [0.15, 0.2) is 29.2 Å². The number of nitrogens with one attached hydrogen (secondary N) is 2. The van der Waals surface area contributed by atoms with Gasteiger partial charge < -0.3 is 10.4 Å². The molecule has 0 saturated heterocycles. The summed E-state index contributed by atoms with van der Waals surface area (Å²) in [6, 6.07) is 4.68. The first-order chi connectivity index (χ1) is 10.7. The summed E-state index contributed by atoms with van der Waals surface area (Å²) in [5.41, 5.74) is 0.227. The van der Waals surface area contributed by atoms with Crippen molar-refractivity contribution in [3.63, 3.8) is 0 Å². The molecule has 1 rings (SSSR count). The molecule has 0 spiro atoms. The second kappa shape index (κ2) is 7.76. The summed E-state index contributed by atoms with van der Waals surface area (Å²) in [6.07, 6.45) is 5.00. The molecule has 1 aromatic rings. The van der Waals surface area contributed by atoms with Crippen LogP contribution in [0.5, 0.6) is 0 Å². The minimum atomic E-state index is -3.71. The largest absolute Gasteiger partial charge is 0.481 e. The number of terminal acetylenes is 1. The molecule has 2 atom stereocenters. The van der Waals surface area contributed by atoms with Gasteiger partial charge in [0, 0.05) is 11.6 Å². The van der Waals surface area contributed by atoms with Crippen LogP contribution in [0, 0.1) is 18.3 Å². The Kier molecular flexibility index (Phi) is 6.30. The first kappa shape index (κ1) is 18.7. The number of amides is 1. The van der Waals surface area contributed by atoms with Crippen molar-refractivity contribution in [1.29, 1.82) is 0 Å². The zero-order chi connectivity index (χ0) is 17.6. The Morgan fingerprint density at radius 2 is 1.83 bits per heavy atom. The van der Waals surface area contributed by atoms with Crippen LogP contribution in [0.3, 0.4) is 0 Å². The molecule has 0 saturated carbocycles. The fraction of sp³-hybridized carbons (Fsp3) is 0.333. The van der Waals surface area contributed by atoms with Gasteiger partial charge in [0.05, 0.1) is 17.4 Å². The maximum Gasteiger partial charge on any atom is 0.308 e. The predicted octanol–water partition coefficient (Wildman–Crippen LogP) is 0.437. The molecule has 0 aliphatic heterocycles. The van der Waals surface area contributed by atoms with Crippen LogP contribution < -0.4 is 10.0 Å². The van der Waals surface area contributed by atoms with E-state index in [0.29, 0.717) is 0 Å². The summed E-state index contributed by atoms with van der Waals surface area (Å²) in [5, 5.41) is 11.5. The summed E-state index contributed by atoms with van der Waals surface area (Å²) in [5.74, 6) is -0.0773. The van der Waals surface area contributed by atoms with Crippen molar-refractivity contribution in [2.24, 2.45) is 5.92 Å². The number of carboxylic acid groups (broad SMARTS) is 1. The van der Waals surface area contributed by atoms with E-state index in [1.165, 1.54) is 31.2 Å². The molecule has 124 valence electrons. The molecule has 23 heavy (non-hydrogen) atoms. The highest BCUT2D eigenvalue weighted by atomic mass is 32.2. The van der Waals surface area contributed by atoms with Crippen molar-refractivity contribution in [2.45, 2.75) is 24.8 Å². The molecular formula is C15H18N2O5S. The van der Waals surface area contributed by atoms with E-state index in [1.54, 1.807) is 6.92 Å². The molecule has 1 amide bonds. The van der Waals surface area contributed by atoms with E-state index in [4.69, 9.17) is 11.5 Å². The predicted molar refractivity (Wildman–Crippen MR) is 84.2 cm³/mol. The quantitative estimate of drug-likeness (QED) is 0.624. The molecule has 0 aliphatic carbocycles. The molecule has 1 aromatic carbocycles. The summed E-state index contributed by atoms with van der Waals surface area (Å²) >= 11 is 0. The molecule has 2 unspecified atom stereocenters. The molecule has 0 radical (unpaired) electrons. The van der Waals surface area contributed by atoms with Crippen LogP contribution in [0.2, 0.25) is 0 Å². The first-order valence-electron chi connectivity index (χ1n) is 6.76. The molecule has 0 fully saturated rings. The monoisotopic (exact) mass is 338 g/mol. The molecule has 8 heteroatoms. The van der Waals surface area contributed by atoms with Crippen LogP contribution >= 0.6 is 0 Å². The Morgan fingerprint density at radius 1 is 1.26 bits per heavy atom. The van der Waals surface area contributed by atoms with E-state index in [0.717, 1.165) is 0 Å². The van der Waals surface area contributed by atoms with Gasteiger partial charge in [-0.05, 0) is 38.1 Å². The number of benzene rings is 1. The van der Waals surface area contributed by atoms with E-state index < -0.39 is 33.9 Å². The summed E-state index contributed by atoms with van der Waals surface area (Å²) in [6.45, 7) is 2.94. The van der Waals surface area contributed by atoms with Crippen LogP contribution in [0.4, 0.5) is 0 Å². The minimum absolute atomic E-state index is 0.0174. The zero-order valence-electron chi connectivity index (χ0n) is 12.7. The fourth-order valence-electron chi connectivity index (χ4n) is 1.63. The number of hydrogen-bond acceptors (Lipinski definition) is 4. The average molecular weight is 338 g/mol. The van der Waals surface area contributed by atoms with E-state index in [9.17, 15) is 18.0 Å². The molecule has 0 aliphatic rings. The second-order valence-electron chi connectivity index (χ2n) is 4.94. The van der Waals surface area contributed by atoms with Crippen molar-refractivity contribution in [3.8, 4) is 12.3 Å². The highest BCUT2D eigenvalue weighted by Gasteiger charge is 2.21. The number of carbonyl (C=O) groups excluding carboxylic acids is 1. The normalized spacial score (nSPS) is 13.6. The van der Waals surface area contributed by atoms with Gasteiger partial charge >= 0.3 is 5.97 Å². The third kappa shape index (κ3) is 5.09. The second-order valence-corrected chi connectivity index (χ2v) is 6.71. The minimum Gasteiger partial charge on any atom is -0.481 e. The number of carboxylic acids is 1. The Hall–Kier alpha value is -2.37. The summed E-state index contributed by atoms with van der Waals surface area (Å²) < 4.78 is 25.9. The first-order valence-corrected chi connectivity index (χ1v) is 8.24. The molecule has 0 bridgehead atoms. The van der Waals surface area contributed by atoms with E-state index in [1.807, 2.05) is 0 Å². The fourth-order valence-corrected chi connectivity index (χ4v) is 2.57. The lowest BCUT2D eigenvalue weighted by atomic mass is 10.0. The average Bonchev–Trinajstić information content (AvgIpc) is 2.52. The van der Waals surface area contributed by atoms with E-state index in [2.05, 4.69) is 16.0 Å². The van der Waals surface area contributed by atoms with Gasteiger partial charge in [-0.15, -0.1) is 6.42 Å². The van der Waals surface area contributed by atoms with Crippen molar-refractivity contribution >= 4 is 21.9 Å². The van der Waals surface area contributed by atoms with Gasteiger partial charge in [0.2, 0.25) is 10.0 Å². The van der Waals surface area contributed by atoms with Crippen molar-refractivity contribution in [2.75, 3.05) is 6.54 Å². The Labute approximate surface area is 135 Å². The highest BCUT2D eigenvalue weighted by molar-refractivity contribution is 7.89. The van der Waals surface area contributed by atoms with Gasteiger partial charge in [-0.2, -0.15) is 4.72 Å². The van der Waals surface area contributed by atoms with Gasteiger partial charge in [0.1, 0.15) is 0 Å². The van der Waals surface area contributed by atoms with Gasteiger partial charge in [0.15, 0.2) is 0 Å². The number of rotatable bonds is 7. The van der Waals surface area contributed by atoms with Gasteiger partial charge in [0.25, 0.3) is 5.91 Å². The van der Waals surface area contributed by atoms with Crippen molar-refractivity contribution in [3.05, 3.63) is 29.8 Å². The number of carbonyl (C=O) groups is 2. The standard InChI is InChI=1S/C15H18N2O5S/c1-4-9-16-23(21,22)13-7-5-12(6-8-13)14(18)17-11(3)10(2)15(19)20/h1,5-8,10-11,16H,9H2,2-3H3,(H,17,18)(H,19,20). The maximum absolute atomic E-state index is 12.0. The van der Waals surface area contributed by atoms with Crippen LogP contribution in [0.1, 0.15) is 24.2 Å². The summed E-state index contributed by atoms with van der Waals surface area (Å²) in [7, 11) is -3.71. The van der Waals surface area contributed by atoms with Crippen molar-refractivity contribution < 1.29 is 23.1 Å².